The lowest BCUT2D eigenvalue weighted by Crippen LogP contribution is -2.62. The van der Waals surface area contributed by atoms with Crippen molar-refractivity contribution in [3.63, 3.8) is 0 Å². The van der Waals surface area contributed by atoms with E-state index in [1.54, 1.807) is 0 Å². The molecule has 0 aliphatic heterocycles. The molecule has 0 saturated heterocycles. The van der Waals surface area contributed by atoms with E-state index in [-0.39, 0.29) is 80.9 Å². The summed E-state index contributed by atoms with van der Waals surface area (Å²) in [6.07, 6.45) is 15.0. The highest BCUT2D eigenvalue weighted by Gasteiger charge is 2.52. The molecule has 3 unspecified atom stereocenters. The number of rotatable bonds is 34. The second-order valence-electron chi connectivity index (χ2n) is 20.3. The number of unbranched alkanes of at least 4 members (excludes halogenated alkanes) is 11. The molecule has 0 spiro atoms. The summed E-state index contributed by atoms with van der Waals surface area (Å²) in [6, 6.07) is 3.47. The fraction of sp³-hybridized carbons (Fsp3) is 1.00. The maximum absolute atomic E-state index is 9.30. The van der Waals surface area contributed by atoms with Gasteiger partial charge in [-0.3, -0.25) is 0 Å². The summed E-state index contributed by atoms with van der Waals surface area (Å²) in [6.45, 7) is 38.8. The van der Waals surface area contributed by atoms with Crippen LogP contribution in [-0.4, -0.2) is 97.2 Å². The standard InChI is InChI=1S/C37H92O9Si8.10CH4/c1-18-19-20-21-22-23-24-25-26-27-28-29-32-53(16,44-51(13,14)42-48(5,6)7)46-54(17,35-34-50(11,12)41-47(2,3)4)45-52(15,43-49(8,9)10)33-30-31-40-36-37(38)39;;;;;;;;;;/h37-39H,18-36H2,1-17H3;10*1H4. The Morgan fingerprint density at radius 3 is 1.03 bits per heavy atom. The average molecular weight is 1070 g/mol. The predicted octanol–water partition coefficient (Wildman–Crippen LogP) is 18.5. The molecule has 64 heavy (non-hydrogen) atoms. The molecule has 3 atom stereocenters. The molecule has 0 aliphatic rings. The van der Waals surface area contributed by atoms with Gasteiger partial charge in [0.1, 0.15) is 0 Å². The van der Waals surface area contributed by atoms with Crippen molar-refractivity contribution in [2.45, 2.75) is 300 Å². The fourth-order valence-corrected chi connectivity index (χ4v) is 47.7. The molecule has 9 nitrogen and oxygen atoms in total. The highest BCUT2D eigenvalue weighted by molar-refractivity contribution is 6.92. The van der Waals surface area contributed by atoms with Gasteiger partial charge >= 0.3 is 34.2 Å². The normalized spacial score (nSPS) is 14.4. The van der Waals surface area contributed by atoms with Gasteiger partial charge in [-0.25, -0.2) is 0 Å². The number of hydrogen-bond donors (Lipinski definition) is 2. The van der Waals surface area contributed by atoms with E-state index in [2.05, 4.69) is 112 Å². The molecule has 0 bridgehead atoms. The lowest BCUT2D eigenvalue weighted by atomic mass is 10.1. The summed E-state index contributed by atoms with van der Waals surface area (Å²) in [5.41, 5.74) is 0. The molecule has 0 aromatic carbocycles. The van der Waals surface area contributed by atoms with Crippen LogP contribution in [0.15, 0.2) is 0 Å². The van der Waals surface area contributed by atoms with Gasteiger partial charge in [0.15, 0.2) is 39.6 Å². The second-order valence-corrected chi connectivity index (χ2v) is 53.0. The number of aliphatic hydroxyl groups excluding tert-OH is 1. The van der Waals surface area contributed by atoms with E-state index < -0.39 is 73.8 Å². The van der Waals surface area contributed by atoms with Crippen LogP contribution in [0, 0.1) is 0 Å². The van der Waals surface area contributed by atoms with E-state index in [0.29, 0.717) is 6.61 Å². The van der Waals surface area contributed by atoms with E-state index in [9.17, 15) is 10.2 Å². The zero-order valence-corrected chi connectivity index (χ0v) is 46.8. The quantitative estimate of drug-likeness (QED) is 0.0370. The molecule has 0 saturated carbocycles. The van der Waals surface area contributed by atoms with Crippen LogP contribution in [-0.2, 0) is 29.4 Å². The van der Waals surface area contributed by atoms with E-state index in [0.717, 1.165) is 37.0 Å². The summed E-state index contributed by atoms with van der Waals surface area (Å²) in [4.78, 5) is 0. The van der Waals surface area contributed by atoms with E-state index in [1.165, 1.54) is 70.6 Å². The Morgan fingerprint density at radius 2 is 0.672 bits per heavy atom. The first-order chi connectivity index (χ1) is 24.4. The lowest BCUT2D eigenvalue weighted by molar-refractivity contribution is -0.0945. The highest BCUT2D eigenvalue weighted by Crippen LogP contribution is 2.36. The SMILES string of the molecule is C.C.C.C.C.C.C.C.C.C.CCCCCCCCCCCCCC[Si](C)(O[Si](C)(C)O[Si](C)(C)C)O[Si](C)(CC[Si](C)(C)O[Si](C)(C)C)O[Si](C)(CCCOCC(O)O)O[Si](C)(C)C. The Morgan fingerprint density at radius 1 is 0.344 bits per heavy atom. The van der Waals surface area contributed by atoms with Crippen molar-refractivity contribution in [3.05, 3.63) is 0 Å². The molecule has 0 aromatic rings. The Balaban J connectivity index is -0.000000312. The minimum Gasteiger partial charge on any atom is -0.456 e. The van der Waals surface area contributed by atoms with Gasteiger partial charge in [0.05, 0.1) is 6.61 Å². The Labute approximate surface area is 417 Å². The Kier molecular flexibility index (Phi) is 60.3. The van der Waals surface area contributed by atoms with Crippen LogP contribution in [0.2, 0.25) is 129 Å². The van der Waals surface area contributed by atoms with E-state index >= 15 is 0 Å². The van der Waals surface area contributed by atoms with Crippen LogP contribution >= 0.6 is 0 Å². The zero-order chi connectivity index (χ0) is 42.0. The number of hydrogen-bond acceptors (Lipinski definition) is 9. The lowest BCUT2D eigenvalue weighted by Gasteiger charge is -2.46. The van der Waals surface area contributed by atoms with Crippen molar-refractivity contribution < 1.29 is 39.6 Å². The van der Waals surface area contributed by atoms with Crippen molar-refractivity contribution in [2.24, 2.45) is 0 Å². The van der Waals surface area contributed by atoms with Crippen LogP contribution in [0.5, 0.6) is 0 Å². The summed E-state index contributed by atoms with van der Waals surface area (Å²) in [7, 11) is -18.6. The van der Waals surface area contributed by atoms with Crippen molar-refractivity contribution in [1.29, 1.82) is 0 Å². The summed E-state index contributed by atoms with van der Waals surface area (Å²) >= 11 is 0. The first-order valence-electron chi connectivity index (χ1n) is 21.6. The smallest absolute Gasteiger partial charge is 0.317 e. The van der Waals surface area contributed by atoms with Gasteiger partial charge in [-0.15, -0.1) is 0 Å². The van der Waals surface area contributed by atoms with Gasteiger partial charge in [0.2, 0.25) is 0 Å². The van der Waals surface area contributed by atoms with Crippen LogP contribution in [0.4, 0.5) is 0 Å². The topological polar surface area (TPSA) is 105 Å². The first-order valence-corrected chi connectivity index (χ1v) is 45.3. The summed E-state index contributed by atoms with van der Waals surface area (Å²) < 4.78 is 48.6. The van der Waals surface area contributed by atoms with Crippen LogP contribution in [0.25, 0.3) is 0 Å². The maximum atomic E-state index is 9.30. The number of ether oxygens (including phenoxy) is 1. The molecule has 0 rings (SSSR count). The van der Waals surface area contributed by atoms with Crippen molar-refractivity contribution in [2.75, 3.05) is 13.2 Å². The molecule has 0 amide bonds. The van der Waals surface area contributed by atoms with Gasteiger partial charge in [0, 0.05) is 6.61 Å². The third kappa shape index (κ3) is 52.7. The molecule has 17 heteroatoms. The van der Waals surface area contributed by atoms with Gasteiger partial charge in [0.25, 0.3) is 0 Å². The molecule has 0 aromatic heterocycles. The molecule has 406 valence electrons. The molecular formula is C47H132O9Si8. The first kappa shape index (κ1) is 91.6. The fourth-order valence-electron chi connectivity index (χ4n) is 7.59. The highest BCUT2D eigenvalue weighted by atomic mass is 28.5. The average Bonchev–Trinajstić information content (AvgIpc) is 2.92. The van der Waals surface area contributed by atoms with E-state index in [1.807, 2.05) is 0 Å². The van der Waals surface area contributed by atoms with Crippen molar-refractivity contribution >= 4 is 67.5 Å². The minimum absolute atomic E-state index is 0. The van der Waals surface area contributed by atoms with Gasteiger partial charge in [-0.1, -0.05) is 158 Å². The van der Waals surface area contributed by atoms with E-state index in [4.69, 9.17) is 29.4 Å². The largest absolute Gasteiger partial charge is 0.456 e. The van der Waals surface area contributed by atoms with Gasteiger partial charge in [-0.05, 0) is 135 Å². The zero-order valence-electron chi connectivity index (χ0n) is 38.8. The molecule has 0 heterocycles. The predicted molar refractivity (Wildman–Crippen MR) is 318 cm³/mol. The molecular weight excluding hydrogens is 933 g/mol. The molecule has 2 N–H and O–H groups in total. The Bertz CT molecular complexity index is 997. The maximum Gasteiger partial charge on any atom is 0.317 e. The molecule has 0 aliphatic carbocycles. The number of aliphatic hydroxyl groups is 2. The molecule has 0 radical (unpaired) electrons. The second kappa shape index (κ2) is 42.1. The third-order valence-electron chi connectivity index (χ3n) is 8.83. The van der Waals surface area contributed by atoms with Crippen molar-refractivity contribution in [1.82, 2.24) is 0 Å². The Hall–Kier alpha value is 1.38. The van der Waals surface area contributed by atoms with Gasteiger partial charge in [-0.2, -0.15) is 0 Å². The van der Waals surface area contributed by atoms with Crippen molar-refractivity contribution in [3.8, 4) is 0 Å². The third-order valence-corrected chi connectivity index (χ3v) is 38.3. The van der Waals surface area contributed by atoms with Crippen LogP contribution < -0.4 is 0 Å². The monoisotopic (exact) mass is 1060 g/mol. The van der Waals surface area contributed by atoms with Crippen LogP contribution in [0.3, 0.4) is 0 Å². The molecule has 0 fully saturated rings. The van der Waals surface area contributed by atoms with Gasteiger partial charge < -0.3 is 39.6 Å². The summed E-state index contributed by atoms with van der Waals surface area (Å²) in [5.74, 6) is 0. The minimum atomic E-state index is -2.93. The summed E-state index contributed by atoms with van der Waals surface area (Å²) in [5, 5.41) is 18.6. The van der Waals surface area contributed by atoms with Crippen LogP contribution in [0.1, 0.15) is 165 Å².